The molecule has 0 spiro atoms. The van der Waals surface area contributed by atoms with Crippen molar-refractivity contribution in [1.29, 1.82) is 0 Å². The van der Waals surface area contributed by atoms with Gasteiger partial charge in [-0.05, 0) is 62.5 Å². The molecule has 21 heavy (non-hydrogen) atoms. The predicted molar refractivity (Wildman–Crippen MR) is 89.0 cm³/mol. The van der Waals surface area contributed by atoms with Gasteiger partial charge in [0, 0.05) is 29.2 Å². The summed E-state index contributed by atoms with van der Waals surface area (Å²) in [5, 5.41) is 7.47. The van der Waals surface area contributed by atoms with Gasteiger partial charge in [-0.25, -0.2) is 0 Å². The van der Waals surface area contributed by atoms with Gasteiger partial charge in [0.1, 0.15) is 0 Å². The fraction of sp³-hybridized carbons (Fsp3) is 0.438. The number of rotatable bonds is 4. The first-order valence-corrected chi connectivity index (χ1v) is 7.39. The Kier molecular flexibility index (Phi) is 5.65. The number of anilines is 1. The van der Waals surface area contributed by atoms with Crippen molar-refractivity contribution in [3.05, 3.63) is 30.5 Å². The molecule has 1 aromatic carbocycles. The fourth-order valence-electron chi connectivity index (χ4n) is 2.86. The summed E-state index contributed by atoms with van der Waals surface area (Å²) in [6.45, 7) is 2.19. The molecule has 1 saturated heterocycles. The van der Waals surface area contributed by atoms with Gasteiger partial charge in [-0.15, -0.1) is 12.4 Å². The van der Waals surface area contributed by atoms with Gasteiger partial charge in [-0.3, -0.25) is 4.79 Å². The number of benzene rings is 1. The number of H-pyrrole nitrogens is 1. The van der Waals surface area contributed by atoms with Crippen LogP contribution in [0.15, 0.2) is 30.5 Å². The van der Waals surface area contributed by atoms with E-state index in [2.05, 4.69) is 15.6 Å². The van der Waals surface area contributed by atoms with Crippen LogP contribution in [0, 0.1) is 5.92 Å². The molecule has 2 aromatic rings. The third kappa shape index (κ3) is 4.22. The minimum atomic E-state index is 0. The largest absolute Gasteiger partial charge is 0.361 e. The van der Waals surface area contributed by atoms with Crippen molar-refractivity contribution in [2.24, 2.45) is 5.92 Å². The number of nitrogens with one attached hydrogen (secondary N) is 3. The zero-order valence-electron chi connectivity index (χ0n) is 12.0. The van der Waals surface area contributed by atoms with Crippen LogP contribution in [0.1, 0.15) is 25.7 Å². The minimum absolute atomic E-state index is 0. The lowest BCUT2D eigenvalue weighted by atomic mass is 9.93. The van der Waals surface area contributed by atoms with Crippen molar-refractivity contribution in [1.82, 2.24) is 10.3 Å². The molecule has 0 unspecified atom stereocenters. The Morgan fingerprint density at radius 2 is 2.05 bits per heavy atom. The molecule has 3 rings (SSSR count). The van der Waals surface area contributed by atoms with E-state index in [1.807, 2.05) is 30.5 Å². The average molecular weight is 308 g/mol. The highest BCUT2D eigenvalue weighted by atomic mass is 35.5. The monoisotopic (exact) mass is 307 g/mol. The van der Waals surface area contributed by atoms with Gasteiger partial charge in [-0.1, -0.05) is 0 Å². The summed E-state index contributed by atoms with van der Waals surface area (Å²) in [7, 11) is 0. The Balaban J connectivity index is 0.00000161. The smallest absolute Gasteiger partial charge is 0.224 e. The van der Waals surface area contributed by atoms with Crippen LogP contribution < -0.4 is 10.6 Å². The number of piperidine rings is 1. The summed E-state index contributed by atoms with van der Waals surface area (Å²) in [6, 6.07) is 7.97. The second kappa shape index (κ2) is 7.48. The normalized spacial score (nSPS) is 15.6. The Hall–Kier alpha value is -1.52. The molecular formula is C16H22ClN3O. The van der Waals surface area contributed by atoms with E-state index in [0.29, 0.717) is 12.3 Å². The number of hydrogen-bond acceptors (Lipinski definition) is 2. The van der Waals surface area contributed by atoms with Crippen LogP contribution in [0.5, 0.6) is 0 Å². The van der Waals surface area contributed by atoms with Gasteiger partial charge in [0.05, 0.1) is 0 Å². The number of hydrogen-bond donors (Lipinski definition) is 3. The molecule has 1 aliphatic heterocycles. The van der Waals surface area contributed by atoms with E-state index in [9.17, 15) is 4.79 Å². The lowest BCUT2D eigenvalue weighted by molar-refractivity contribution is -0.116. The number of carbonyl (C=O) groups is 1. The summed E-state index contributed by atoms with van der Waals surface area (Å²) in [6.07, 6.45) is 5.92. The van der Waals surface area contributed by atoms with Gasteiger partial charge >= 0.3 is 0 Å². The number of aromatic amines is 1. The minimum Gasteiger partial charge on any atom is -0.361 e. The second-order valence-corrected chi connectivity index (χ2v) is 5.56. The van der Waals surface area contributed by atoms with Crippen molar-refractivity contribution in [2.45, 2.75) is 25.7 Å². The van der Waals surface area contributed by atoms with Crippen molar-refractivity contribution in [3.8, 4) is 0 Å². The molecule has 0 aliphatic carbocycles. The maximum Gasteiger partial charge on any atom is 0.224 e. The molecule has 5 heteroatoms. The Morgan fingerprint density at radius 3 is 2.86 bits per heavy atom. The third-order valence-electron chi connectivity index (χ3n) is 4.08. The molecule has 0 saturated carbocycles. The van der Waals surface area contributed by atoms with E-state index >= 15 is 0 Å². The Morgan fingerprint density at radius 1 is 1.24 bits per heavy atom. The third-order valence-corrected chi connectivity index (χ3v) is 4.08. The van der Waals surface area contributed by atoms with E-state index < -0.39 is 0 Å². The van der Waals surface area contributed by atoms with Crippen LogP contribution in [0.4, 0.5) is 5.69 Å². The molecule has 0 radical (unpaired) electrons. The lowest BCUT2D eigenvalue weighted by Crippen LogP contribution is -2.28. The van der Waals surface area contributed by atoms with Gasteiger partial charge in [0.25, 0.3) is 0 Å². The maximum atomic E-state index is 12.0. The first-order chi connectivity index (χ1) is 9.81. The molecule has 1 amide bonds. The van der Waals surface area contributed by atoms with Gasteiger partial charge < -0.3 is 15.6 Å². The van der Waals surface area contributed by atoms with Crippen molar-refractivity contribution < 1.29 is 4.79 Å². The zero-order valence-corrected chi connectivity index (χ0v) is 12.8. The zero-order chi connectivity index (χ0) is 13.8. The van der Waals surface area contributed by atoms with Gasteiger partial charge in [0.15, 0.2) is 0 Å². The van der Waals surface area contributed by atoms with E-state index in [-0.39, 0.29) is 18.3 Å². The molecule has 1 fully saturated rings. The van der Waals surface area contributed by atoms with E-state index in [4.69, 9.17) is 0 Å². The molecule has 114 valence electrons. The number of fused-ring (bicyclic) bond motifs is 1. The quantitative estimate of drug-likeness (QED) is 0.811. The Labute approximate surface area is 131 Å². The van der Waals surface area contributed by atoms with Crippen molar-refractivity contribution in [2.75, 3.05) is 18.4 Å². The van der Waals surface area contributed by atoms with Crippen LogP contribution in [0.2, 0.25) is 0 Å². The Bertz CT molecular complexity index is 590. The number of amides is 1. The van der Waals surface area contributed by atoms with E-state index in [1.54, 1.807) is 0 Å². The standard InChI is InChI=1S/C16H21N3O.ClH/c20-16(4-1-12-5-8-17-9-6-12)19-14-2-3-15-13(11-14)7-10-18-15;/h2-3,7,10-12,17-18H,1,4-6,8-9H2,(H,19,20);1H. The molecule has 3 N–H and O–H groups in total. The molecule has 1 aliphatic rings. The van der Waals surface area contributed by atoms with Gasteiger partial charge in [0.2, 0.25) is 5.91 Å². The van der Waals surface area contributed by atoms with Gasteiger partial charge in [-0.2, -0.15) is 0 Å². The summed E-state index contributed by atoms with van der Waals surface area (Å²) < 4.78 is 0. The number of halogens is 1. The second-order valence-electron chi connectivity index (χ2n) is 5.56. The highest BCUT2D eigenvalue weighted by Gasteiger charge is 2.14. The highest BCUT2D eigenvalue weighted by molar-refractivity contribution is 5.93. The molecule has 4 nitrogen and oxygen atoms in total. The van der Waals surface area contributed by atoms with Crippen molar-refractivity contribution >= 4 is 34.9 Å². The SMILES string of the molecule is Cl.O=C(CCC1CCNCC1)Nc1ccc2[nH]ccc2c1. The van der Waals surface area contributed by atoms with E-state index in [0.717, 1.165) is 36.1 Å². The number of aromatic nitrogens is 1. The van der Waals surface area contributed by atoms with Crippen LogP contribution in [0.25, 0.3) is 10.9 Å². The van der Waals surface area contributed by atoms with Crippen LogP contribution in [0.3, 0.4) is 0 Å². The molecule has 2 heterocycles. The summed E-state index contributed by atoms with van der Waals surface area (Å²) >= 11 is 0. The fourth-order valence-corrected chi connectivity index (χ4v) is 2.86. The molecular weight excluding hydrogens is 286 g/mol. The topological polar surface area (TPSA) is 56.9 Å². The highest BCUT2D eigenvalue weighted by Crippen LogP contribution is 2.20. The molecule has 0 bridgehead atoms. The number of carbonyl (C=O) groups excluding carboxylic acids is 1. The van der Waals surface area contributed by atoms with Crippen molar-refractivity contribution in [3.63, 3.8) is 0 Å². The lowest BCUT2D eigenvalue weighted by Gasteiger charge is -2.22. The van der Waals surface area contributed by atoms with Crippen LogP contribution in [-0.2, 0) is 4.79 Å². The predicted octanol–water partition coefficient (Wildman–Crippen LogP) is 3.31. The maximum absolute atomic E-state index is 12.0. The first-order valence-electron chi connectivity index (χ1n) is 7.39. The van der Waals surface area contributed by atoms with Crippen LogP contribution >= 0.6 is 12.4 Å². The molecule has 1 aromatic heterocycles. The summed E-state index contributed by atoms with van der Waals surface area (Å²) in [5.74, 6) is 0.826. The first kappa shape index (κ1) is 15.9. The van der Waals surface area contributed by atoms with Crippen LogP contribution in [-0.4, -0.2) is 24.0 Å². The molecule has 0 atom stereocenters. The summed E-state index contributed by atoms with van der Waals surface area (Å²) in [4.78, 5) is 15.1. The van der Waals surface area contributed by atoms with E-state index in [1.165, 1.54) is 12.8 Å². The average Bonchev–Trinajstić information content (AvgIpc) is 2.94. The summed E-state index contributed by atoms with van der Waals surface area (Å²) in [5.41, 5.74) is 1.98.